The second kappa shape index (κ2) is 12.2. The number of pyridine rings is 1. The molecule has 2 N–H and O–H groups in total. The van der Waals surface area contributed by atoms with Crippen LogP contribution in [-0.4, -0.2) is 48.3 Å². The maximum absolute atomic E-state index is 12.5. The minimum atomic E-state index is -0.296. The monoisotopic (exact) mass is 426 g/mol. The van der Waals surface area contributed by atoms with Crippen molar-refractivity contribution in [3.63, 3.8) is 0 Å². The van der Waals surface area contributed by atoms with Crippen LogP contribution in [0.1, 0.15) is 45.1 Å². The molecule has 1 aromatic heterocycles. The molecule has 1 saturated carbocycles. The van der Waals surface area contributed by atoms with Crippen LogP contribution in [0.25, 0.3) is 0 Å². The predicted molar refractivity (Wildman–Crippen MR) is 123 cm³/mol. The van der Waals surface area contributed by atoms with Crippen molar-refractivity contribution in [2.75, 3.05) is 31.6 Å². The van der Waals surface area contributed by atoms with E-state index in [9.17, 15) is 4.79 Å². The molecule has 0 aliphatic heterocycles. The van der Waals surface area contributed by atoms with E-state index in [-0.39, 0.29) is 12.1 Å². The Morgan fingerprint density at radius 1 is 1.13 bits per heavy atom. The number of anilines is 1. The summed E-state index contributed by atoms with van der Waals surface area (Å²) < 4.78 is 12.0. The minimum Gasteiger partial charge on any atom is -0.490 e. The highest BCUT2D eigenvalue weighted by Crippen LogP contribution is 2.25. The van der Waals surface area contributed by atoms with Gasteiger partial charge < -0.3 is 25.0 Å². The van der Waals surface area contributed by atoms with Crippen molar-refractivity contribution in [1.29, 1.82) is 0 Å². The summed E-state index contributed by atoms with van der Waals surface area (Å²) in [6, 6.07) is 11.0. The molecule has 0 bridgehead atoms. The van der Waals surface area contributed by atoms with Crippen LogP contribution in [0, 0.1) is 0 Å². The molecule has 1 aliphatic carbocycles. The number of hydrogen-bond acceptors (Lipinski definition) is 5. The highest BCUT2D eigenvalue weighted by atomic mass is 16.5. The topological polar surface area (TPSA) is 75.7 Å². The lowest BCUT2D eigenvalue weighted by Gasteiger charge is -2.19. The predicted octanol–water partition coefficient (Wildman–Crippen LogP) is 4.45. The van der Waals surface area contributed by atoms with Crippen LogP contribution in [0.4, 0.5) is 10.5 Å². The zero-order valence-corrected chi connectivity index (χ0v) is 18.6. The standard InChI is InChI=1S/C24H34N4O3/c1-3-28(4-2)16-17-30-22-14-8-7-13-21(22)27-24(29)26-18-19-10-9-15-25-23(19)31-20-11-5-6-12-20/h7-10,13-15,20H,3-6,11-12,16-18H2,1-2H3,(H2,26,27,29). The molecule has 1 heterocycles. The van der Waals surface area contributed by atoms with E-state index in [1.807, 2.05) is 36.4 Å². The van der Waals surface area contributed by atoms with Crippen molar-refractivity contribution in [3.05, 3.63) is 48.2 Å². The second-order valence-corrected chi connectivity index (χ2v) is 7.67. The minimum absolute atomic E-state index is 0.225. The molecular weight excluding hydrogens is 392 g/mol. The molecule has 0 atom stereocenters. The summed E-state index contributed by atoms with van der Waals surface area (Å²) in [4.78, 5) is 19.2. The van der Waals surface area contributed by atoms with Gasteiger partial charge in [0.15, 0.2) is 0 Å². The van der Waals surface area contributed by atoms with Crippen molar-refractivity contribution >= 4 is 11.7 Å². The van der Waals surface area contributed by atoms with Crippen molar-refractivity contribution in [1.82, 2.24) is 15.2 Å². The number of ether oxygens (including phenoxy) is 2. The number of amides is 2. The number of nitrogens with one attached hydrogen (secondary N) is 2. The number of carbonyl (C=O) groups excluding carboxylic acids is 1. The summed E-state index contributed by atoms with van der Waals surface area (Å²) in [6.07, 6.45) is 6.47. The van der Waals surface area contributed by atoms with Gasteiger partial charge in [-0.25, -0.2) is 9.78 Å². The molecule has 1 aliphatic rings. The van der Waals surface area contributed by atoms with Gasteiger partial charge in [-0.2, -0.15) is 0 Å². The molecule has 0 spiro atoms. The van der Waals surface area contributed by atoms with Gasteiger partial charge in [0, 0.05) is 24.8 Å². The fraction of sp³-hybridized carbons (Fsp3) is 0.500. The van der Waals surface area contributed by atoms with E-state index in [1.165, 1.54) is 12.8 Å². The Kier molecular flexibility index (Phi) is 8.97. The first-order valence-electron chi connectivity index (χ1n) is 11.3. The lowest BCUT2D eigenvalue weighted by Crippen LogP contribution is -2.29. The third kappa shape index (κ3) is 7.14. The molecular formula is C24H34N4O3. The zero-order valence-electron chi connectivity index (χ0n) is 18.6. The number of hydrogen-bond donors (Lipinski definition) is 2. The van der Waals surface area contributed by atoms with Crippen molar-refractivity contribution in [2.24, 2.45) is 0 Å². The fourth-order valence-electron chi connectivity index (χ4n) is 3.69. The third-order valence-electron chi connectivity index (χ3n) is 5.56. The van der Waals surface area contributed by atoms with Crippen LogP contribution in [0.5, 0.6) is 11.6 Å². The molecule has 1 fully saturated rings. The van der Waals surface area contributed by atoms with Crippen LogP contribution < -0.4 is 20.1 Å². The van der Waals surface area contributed by atoms with Crippen molar-refractivity contribution in [3.8, 4) is 11.6 Å². The van der Waals surface area contributed by atoms with Crippen LogP contribution in [0.15, 0.2) is 42.6 Å². The number of para-hydroxylation sites is 2. The molecule has 2 aromatic rings. The Balaban J connectivity index is 1.52. The number of urea groups is 1. The Hall–Kier alpha value is -2.80. The Morgan fingerprint density at radius 2 is 1.90 bits per heavy atom. The highest BCUT2D eigenvalue weighted by molar-refractivity contribution is 5.90. The van der Waals surface area contributed by atoms with E-state index >= 15 is 0 Å². The lowest BCUT2D eigenvalue weighted by atomic mass is 10.2. The van der Waals surface area contributed by atoms with Gasteiger partial charge in [0.1, 0.15) is 18.5 Å². The van der Waals surface area contributed by atoms with E-state index in [2.05, 4.69) is 34.4 Å². The van der Waals surface area contributed by atoms with Crippen LogP contribution in [-0.2, 0) is 6.54 Å². The van der Waals surface area contributed by atoms with Gasteiger partial charge in [0.05, 0.1) is 5.69 Å². The van der Waals surface area contributed by atoms with E-state index in [0.717, 1.165) is 38.0 Å². The molecule has 3 rings (SSSR count). The number of rotatable bonds is 11. The first-order chi connectivity index (χ1) is 15.2. The number of carbonyl (C=O) groups is 1. The van der Waals surface area contributed by atoms with E-state index in [1.54, 1.807) is 6.20 Å². The van der Waals surface area contributed by atoms with Crippen LogP contribution in [0.3, 0.4) is 0 Å². The van der Waals surface area contributed by atoms with Gasteiger partial charge in [-0.3, -0.25) is 0 Å². The Labute approximate surface area is 185 Å². The van der Waals surface area contributed by atoms with Gasteiger partial charge in [0.25, 0.3) is 0 Å². The Bertz CT molecular complexity index is 820. The van der Waals surface area contributed by atoms with E-state index in [0.29, 0.717) is 30.5 Å². The smallest absolute Gasteiger partial charge is 0.319 e. The van der Waals surface area contributed by atoms with Gasteiger partial charge in [0.2, 0.25) is 5.88 Å². The lowest BCUT2D eigenvalue weighted by molar-refractivity contribution is 0.199. The molecule has 0 radical (unpaired) electrons. The summed E-state index contributed by atoms with van der Waals surface area (Å²) in [5, 5.41) is 5.79. The number of benzene rings is 1. The van der Waals surface area contributed by atoms with Crippen molar-refractivity contribution < 1.29 is 14.3 Å². The summed E-state index contributed by atoms with van der Waals surface area (Å²) in [6.45, 7) is 8.00. The van der Waals surface area contributed by atoms with E-state index < -0.39 is 0 Å². The van der Waals surface area contributed by atoms with Crippen LogP contribution in [0.2, 0.25) is 0 Å². The normalized spacial score (nSPS) is 13.9. The van der Waals surface area contributed by atoms with Gasteiger partial charge in [-0.15, -0.1) is 0 Å². The fourth-order valence-corrected chi connectivity index (χ4v) is 3.69. The summed E-state index contributed by atoms with van der Waals surface area (Å²) >= 11 is 0. The number of likely N-dealkylation sites (N-methyl/N-ethyl adjacent to an activating group) is 1. The molecule has 7 nitrogen and oxygen atoms in total. The molecule has 0 saturated heterocycles. The summed E-state index contributed by atoms with van der Waals surface area (Å²) in [5.41, 5.74) is 1.52. The summed E-state index contributed by atoms with van der Waals surface area (Å²) in [7, 11) is 0. The molecule has 168 valence electrons. The number of aromatic nitrogens is 1. The molecule has 0 unspecified atom stereocenters. The second-order valence-electron chi connectivity index (χ2n) is 7.67. The van der Waals surface area contributed by atoms with Gasteiger partial charge in [-0.05, 0) is 57.0 Å². The Morgan fingerprint density at radius 3 is 2.68 bits per heavy atom. The summed E-state index contributed by atoms with van der Waals surface area (Å²) in [5.74, 6) is 1.27. The first kappa shape index (κ1) is 22.9. The zero-order chi connectivity index (χ0) is 21.9. The number of nitrogens with zero attached hydrogens (tertiary/aromatic N) is 2. The molecule has 31 heavy (non-hydrogen) atoms. The van der Waals surface area contributed by atoms with Gasteiger partial charge >= 0.3 is 6.03 Å². The average Bonchev–Trinajstić information content (AvgIpc) is 3.30. The highest BCUT2D eigenvalue weighted by Gasteiger charge is 2.19. The maximum atomic E-state index is 12.5. The maximum Gasteiger partial charge on any atom is 0.319 e. The van der Waals surface area contributed by atoms with Crippen LogP contribution >= 0.6 is 0 Å². The first-order valence-corrected chi connectivity index (χ1v) is 11.3. The largest absolute Gasteiger partial charge is 0.490 e. The SMILES string of the molecule is CCN(CC)CCOc1ccccc1NC(=O)NCc1cccnc1OC1CCCC1. The van der Waals surface area contributed by atoms with Crippen molar-refractivity contribution in [2.45, 2.75) is 52.2 Å². The third-order valence-corrected chi connectivity index (χ3v) is 5.56. The van der Waals surface area contributed by atoms with E-state index in [4.69, 9.17) is 9.47 Å². The molecule has 1 aromatic carbocycles. The molecule has 7 heteroatoms. The molecule has 2 amide bonds. The van der Waals surface area contributed by atoms with Gasteiger partial charge in [-0.1, -0.05) is 32.0 Å². The average molecular weight is 427 g/mol. The quantitative estimate of drug-likeness (QED) is 0.555.